The number of hydrogen-bond acceptors (Lipinski definition) is 3. The molecule has 76 valence electrons. The molecular formula is C10H8FN3S. The molecule has 1 N–H and O–H groups in total. The van der Waals surface area contributed by atoms with Crippen LogP contribution in [0.15, 0.2) is 24.5 Å². The van der Waals surface area contributed by atoms with Gasteiger partial charge in [-0.3, -0.25) is 4.98 Å². The van der Waals surface area contributed by atoms with Crippen molar-refractivity contribution in [3.05, 3.63) is 40.8 Å². The zero-order valence-corrected chi connectivity index (χ0v) is 8.81. The standard InChI is InChI=1S/C10H8FN3S/c1-6-4-7(2-3-12-6)9-8(11)5-13-10(15)14-9/h2-5H,1H3,(H,13,14,15). The molecule has 0 unspecified atom stereocenters. The Morgan fingerprint density at radius 3 is 2.93 bits per heavy atom. The summed E-state index contributed by atoms with van der Waals surface area (Å²) in [6.45, 7) is 1.84. The van der Waals surface area contributed by atoms with Crippen molar-refractivity contribution >= 4 is 12.2 Å². The maximum Gasteiger partial charge on any atom is 0.197 e. The topological polar surface area (TPSA) is 41.6 Å². The Hall–Kier alpha value is -1.62. The molecule has 0 spiro atoms. The first-order valence-corrected chi connectivity index (χ1v) is 4.75. The van der Waals surface area contributed by atoms with E-state index in [1.807, 2.05) is 6.92 Å². The minimum atomic E-state index is -0.422. The molecule has 0 aliphatic heterocycles. The summed E-state index contributed by atoms with van der Waals surface area (Å²) >= 11 is 4.84. The molecule has 2 heterocycles. The highest BCUT2D eigenvalue weighted by molar-refractivity contribution is 7.71. The first-order chi connectivity index (χ1) is 7.16. The van der Waals surface area contributed by atoms with Gasteiger partial charge in [-0.15, -0.1) is 0 Å². The normalized spacial score (nSPS) is 10.3. The fourth-order valence-electron chi connectivity index (χ4n) is 1.29. The van der Waals surface area contributed by atoms with Crippen LogP contribution in [0.4, 0.5) is 4.39 Å². The Labute approximate surface area is 91.0 Å². The summed E-state index contributed by atoms with van der Waals surface area (Å²) in [7, 11) is 0. The highest BCUT2D eigenvalue weighted by Crippen LogP contribution is 2.19. The number of aromatic nitrogens is 3. The van der Waals surface area contributed by atoms with Gasteiger partial charge < -0.3 is 4.98 Å². The summed E-state index contributed by atoms with van der Waals surface area (Å²) in [5, 5.41) is 0. The zero-order valence-electron chi connectivity index (χ0n) is 7.99. The van der Waals surface area contributed by atoms with E-state index in [9.17, 15) is 4.39 Å². The van der Waals surface area contributed by atoms with Crippen molar-refractivity contribution in [1.82, 2.24) is 15.0 Å². The van der Waals surface area contributed by atoms with Gasteiger partial charge in [0.15, 0.2) is 10.6 Å². The van der Waals surface area contributed by atoms with Gasteiger partial charge in [-0.1, -0.05) is 0 Å². The fraction of sp³-hybridized carbons (Fsp3) is 0.100. The van der Waals surface area contributed by atoms with Crippen molar-refractivity contribution in [3.63, 3.8) is 0 Å². The van der Waals surface area contributed by atoms with E-state index in [0.29, 0.717) is 11.3 Å². The second kappa shape index (κ2) is 3.86. The van der Waals surface area contributed by atoms with Crippen LogP contribution >= 0.6 is 12.2 Å². The summed E-state index contributed by atoms with van der Waals surface area (Å²) in [6.07, 6.45) is 2.74. The third-order valence-electron chi connectivity index (χ3n) is 1.95. The van der Waals surface area contributed by atoms with Gasteiger partial charge in [0.05, 0.1) is 11.9 Å². The van der Waals surface area contributed by atoms with Crippen molar-refractivity contribution in [3.8, 4) is 11.3 Å². The highest BCUT2D eigenvalue weighted by atomic mass is 32.1. The van der Waals surface area contributed by atoms with E-state index in [1.54, 1.807) is 18.3 Å². The zero-order chi connectivity index (χ0) is 10.8. The summed E-state index contributed by atoms with van der Waals surface area (Å²) in [5.41, 5.74) is 1.89. The third-order valence-corrected chi connectivity index (χ3v) is 2.16. The van der Waals surface area contributed by atoms with Crippen LogP contribution in [-0.2, 0) is 0 Å². The van der Waals surface area contributed by atoms with Gasteiger partial charge in [-0.25, -0.2) is 9.37 Å². The number of rotatable bonds is 1. The lowest BCUT2D eigenvalue weighted by Gasteiger charge is -2.03. The van der Waals surface area contributed by atoms with E-state index in [1.165, 1.54) is 0 Å². The number of halogens is 1. The minimum absolute atomic E-state index is 0.265. The van der Waals surface area contributed by atoms with Crippen molar-refractivity contribution < 1.29 is 4.39 Å². The molecule has 15 heavy (non-hydrogen) atoms. The quantitative estimate of drug-likeness (QED) is 0.753. The molecule has 2 rings (SSSR count). The second-order valence-corrected chi connectivity index (χ2v) is 3.48. The molecule has 0 fully saturated rings. The van der Waals surface area contributed by atoms with Gasteiger partial charge in [0.25, 0.3) is 0 Å². The number of pyridine rings is 1. The number of hydrogen-bond donors (Lipinski definition) is 1. The molecule has 0 radical (unpaired) electrons. The predicted octanol–water partition coefficient (Wildman–Crippen LogP) is 2.65. The van der Waals surface area contributed by atoms with Gasteiger partial charge in [0.2, 0.25) is 0 Å². The second-order valence-electron chi connectivity index (χ2n) is 3.10. The maximum atomic E-state index is 13.4. The van der Waals surface area contributed by atoms with E-state index in [-0.39, 0.29) is 4.77 Å². The van der Waals surface area contributed by atoms with Gasteiger partial charge in [0, 0.05) is 17.5 Å². The molecule has 0 amide bonds. The molecule has 0 saturated carbocycles. The molecular weight excluding hydrogens is 213 g/mol. The Bertz CT molecular complexity index is 550. The van der Waals surface area contributed by atoms with E-state index in [2.05, 4.69) is 15.0 Å². The molecule has 5 heteroatoms. The SMILES string of the molecule is Cc1cc(-c2[nH]c(=S)ncc2F)ccn1. The van der Waals surface area contributed by atoms with Crippen LogP contribution in [0.5, 0.6) is 0 Å². The molecule has 0 atom stereocenters. The van der Waals surface area contributed by atoms with Crippen LogP contribution in [0.2, 0.25) is 0 Å². The average Bonchev–Trinajstić information content (AvgIpc) is 2.22. The van der Waals surface area contributed by atoms with E-state index in [0.717, 1.165) is 11.9 Å². The molecule has 0 aromatic carbocycles. The highest BCUT2D eigenvalue weighted by Gasteiger charge is 2.05. The average molecular weight is 221 g/mol. The van der Waals surface area contributed by atoms with Crippen molar-refractivity contribution in [2.24, 2.45) is 0 Å². The number of H-pyrrole nitrogens is 1. The van der Waals surface area contributed by atoms with Gasteiger partial charge in [0.1, 0.15) is 0 Å². The number of aryl methyl sites for hydroxylation is 1. The molecule has 0 saturated heterocycles. The molecule has 0 bridgehead atoms. The van der Waals surface area contributed by atoms with E-state index in [4.69, 9.17) is 12.2 Å². The number of nitrogens with one attached hydrogen (secondary N) is 1. The Morgan fingerprint density at radius 1 is 1.40 bits per heavy atom. The lowest BCUT2D eigenvalue weighted by Crippen LogP contribution is -1.93. The first-order valence-electron chi connectivity index (χ1n) is 4.34. The van der Waals surface area contributed by atoms with Crippen LogP contribution in [-0.4, -0.2) is 15.0 Å². The third kappa shape index (κ3) is 2.07. The van der Waals surface area contributed by atoms with Crippen molar-refractivity contribution in [1.29, 1.82) is 0 Å². The van der Waals surface area contributed by atoms with Crippen LogP contribution in [0.1, 0.15) is 5.69 Å². The molecule has 2 aromatic heterocycles. The Kier molecular flexibility index (Phi) is 2.55. The maximum absolute atomic E-state index is 13.4. The van der Waals surface area contributed by atoms with Gasteiger partial charge in [-0.2, -0.15) is 0 Å². The predicted molar refractivity (Wildman–Crippen MR) is 57.3 cm³/mol. The Balaban J connectivity index is 2.63. The Morgan fingerprint density at radius 2 is 2.20 bits per heavy atom. The monoisotopic (exact) mass is 221 g/mol. The summed E-state index contributed by atoms with van der Waals surface area (Å²) in [6, 6.07) is 3.50. The molecule has 0 aliphatic rings. The smallest absolute Gasteiger partial charge is 0.197 e. The molecule has 0 aliphatic carbocycles. The van der Waals surface area contributed by atoms with E-state index < -0.39 is 5.82 Å². The van der Waals surface area contributed by atoms with Crippen LogP contribution in [0.3, 0.4) is 0 Å². The van der Waals surface area contributed by atoms with E-state index >= 15 is 0 Å². The summed E-state index contributed by atoms with van der Waals surface area (Å²) < 4.78 is 13.7. The van der Waals surface area contributed by atoms with Gasteiger partial charge in [-0.05, 0) is 31.3 Å². The van der Waals surface area contributed by atoms with Crippen LogP contribution in [0.25, 0.3) is 11.3 Å². The van der Waals surface area contributed by atoms with Crippen molar-refractivity contribution in [2.45, 2.75) is 6.92 Å². The van der Waals surface area contributed by atoms with Crippen LogP contribution < -0.4 is 0 Å². The number of nitrogens with zero attached hydrogens (tertiary/aromatic N) is 2. The first kappa shape index (κ1) is 9.92. The molecule has 3 nitrogen and oxygen atoms in total. The lowest BCUT2D eigenvalue weighted by molar-refractivity contribution is 0.617. The fourth-order valence-corrected chi connectivity index (χ4v) is 1.44. The lowest BCUT2D eigenvalue weighted by atomic mass is 10.1. The minimum Gasteiger partial charge on any atom is -0.328 e. The largest absolute Gasteiger partial charge is 0.328 e. The summed E-state index contributed by atoms with van der Waals surface area (Å²) in [5.74, 6) is -0.422. The van der Waals surface area contributed by atoms with Crippen molar-refractivity contribution in [2.75, 3.05) is 0 Å². The van der Waals surface area contributed by atoms with Gasteiger partial charge >= 0.3 is 0 Å². The summed E-state index contributed by atoms with van der Waals surface area (Å²) in [4.78, 5) is 10.4. The van der Waals surface area contributed by atoms with Crippen LogP contribution in [0, 0.1) is 17.5 Å². The number of aromatic amines is 1. The molecule has 2 aromatic rings.